The molecule has 0 aliphatic carbocycles. The molecular weight excluding hydrogens is 525 g/mol. The number of nitrogens with zero attached hydrogens (tertiary/aromatic N) is 5. The van der Waals surface area contributed by atoms with Crippen LogP contribution in [0.1, 0.15) is 30.9 Å². The van der Waals surface area contributed by atoms with E-state index in [0.29, 0.717) is 12.5 Å². The summed E-state index contributed by atoms with van der Waals surface area (Å²) in [7, 11) is 1.97. The highest BCUT2D eigenvalue weighted by atomic mass is 127. The number of rotatable bonds is 12. The lowest BCUT2D eigenvalue weighted by atomic mass is 10.1. The number of hydrogen-bond donors (Lipinski definition) is 2. The van der Waals surface area contributed by atoms with Crippen molar-refractivity contribution < 1.29 is 14.2 Å². The molecule has 32 heavy (non-hydrogen) atoms. The summed E-state index contributed by atoms with van der Waals surface area (Å²) in [4.78, 5) is 7.16. The molecule has 0 aromatic carbocycles. The lowest BCUT2D eigenvalue weighted by Crippen LogP contribution is -2.41. The smallest absolute Gasteiger partial charge is 0.191 e. The summed E-state index contributed by atoms with van der Waals surface area (Å²) in [6.45, 7) is 12.2. The largest absolute Gasteiger partial charge is 0.381 e. The van der Waals surface area contributed by atoms with E-state index in [0.717, 1.165) is 109 Å². The first-order valence-electron chi connectivity index (χ1n) is 11.5. The van der Waals surface area contributed by atoms with Crippen LogP contribution in [0.4, 0.5) is 0 Å². The average molecular weight is 566 g/mol. The fourth-order valence-corrected chi connectivity index (χ4v) is 3.59. The number of aliphatic imine (C=N–C) groups is 1. The normalized spacial score (nSPS) is 19.7. The summed E-state index contributed by atoms with van der Waals surface area (Å²) in [6, 6.07) is 0. The number of hydrogen-bond acceptors (Lipinski definition) is 7. The number of guanidine groups is 1. The van der Waals surface area contributed by atoms with E-state index in [9.17, 15) is 0 Å². The van der Waals surface area contributed by atoms with Crippen molar-refractivity contribution >= 4 is 29.9 Å². The predicted molar refractivity (Wildman–Crippen MR) is 135 cm³/mol. The average Bonchev–Trinajstić information content (AvgIpc) is 3.42. The number of halogens is 1. The molecular formula is C21H40IN7O3. The Hall–Kier alpha value is -1.02. The minimum Gasteiger partial charge on any atom is -0.381 e. The molecule has 1 atom stereocenters. The van der Waals surface area contributed by atoms with E-state index in [2.05, 4.69) is 25.7 Å². The Bertz CT molecular complexity index is 662. The van der Waals surface area contributed by atoms with Gasteiger partial charge in [0.15, 0.2) is 11.8 Å². The Labute approximate surface area is 208 Å². The first-order valence-corrected chi connectivity index (χ1v) is 11.5. The monoisotopic (exact) mass is 565 g/mol. The van der Waals surface area contributed by atoms with Crippen molar-refractivity contribution in [1.82, 2.24) is 30.3 Å². The topological polar surface area (TPSA) is 98.1 Å². The molecule has 184 valence electrons. The quantitative estimate of drug-likeness (QED) is 0.167. The van der Waals surface area contributed by atoms with Gasteiger partial charge >= 0.3 is 0 Å². The van der Waals surface area contributed by atoms with Crippen molar-refractivity contribution in [3.8, 4) is 0 Å². The van der Waals surface area contributed by atoms with Gasteiger partial charge in [-0.25, -0.2) is 4.99 Å². The van der Waals surface area contributed by atoms with Gasteiger partial charge in [0.1, 0.15) is 12.4 Å². The van der Waals surface area contributed by atoms with Gasteiger partial charge in [0, 0.05) is 52.4 Å². The van der Waals surface area contributed by atoms with Crippen LogP contribution >= 0.6 is 24.0 Å². The Morgan fingerprint density at radius 2 is 1.91 bits per heavy atom. The summed E-state index contributed by atoms with van der Waals surface area (Å²) in [6.07, 6.45) is 3.12. The molecule has 3 rings (SSSR count). The highest BCUT2D eigenvalue weighted by molar-refractivity contribution is 14.0. The highest BCUT2D eigenvalue weighted by Crippen LogP contribution is 2.12. The first-order chi connectivity index (χ1) is 15.2. The van der Waals surface area contributed by atoms with Crippen LogP contribution in [0.5, 0.6) is 0 Å². The maximum Gasteiger partial charge on any atom is 0.191 e. The fraction of sp³-hybridized carbons (Fsp3) is 0.857. The molecule has 11 heteroatoms. The second-order valence-electron chi connectivity index (χ2n) is 8.21. The molecule has 1 aromatic rings. The van der Waals surface area contributed by atoms with Crippen LogP contribution < -0.4 is 10.6 Å². The van der Waals surface area contributed by atoms with Crippen LogP contribution in [0.2, 0.25) is 0 Å². The zero-order valence-corrected chi connectivity index (χ0v) is 21.9. The molecule has 2 N–H and O–H groups in total. The van der Waals surface area contributed by atoms with E-state index < -0.39 is 0 Å². The van der Waals surface area contributed by atoms with Crippen LogP contribution in [0, 0.1) is 12.8 Å². The zero-order valence-electron chi connectivity index (χ0n) is 19.6. The molecule has 2 saturated heterocycles. The van der Waals surface area contributed by atoms with E-state index in [1.807, 2.05) is 18.5 Å². The zero-order chi connectivity index (χ0) is 21.7. The third-order valence-electron chi connectivity index (χ3n) is 5.74. The lowest BCUT2D eigenvalue weighted by molar-refractivity contribution is 0.0376. The molecule has 0 bridgehead atoms. The predicted octanol–water partition coefficient (Wildman–Crippen LogP) is 0.942. The number of aromatic nitrogens is 3. The second kappa shape index (κ2) is 15.8. The molecule has 10 nitrogen and oxygen atoms in total. The maximum atomic E-state index is 5.80. The molecule has 0 amide bonds. The number of aryl methyl sites for hydroxylation is 1. The van der Waals surface area contributed by atoms with Gasteiger partial charge in [-0.15, -0.1) is 34.2 Å². The molecule has 1 unspecified atom stereocenters. The lowest BCUT2D eigenvalue weighted by Gasteiger charge is -2.26. The van der Waals surface area contributed by atoms with Gasteiger partial charge in [-0.3, -0.25) is 4.90 Å². The molecule has 2 aliphatic heterocycles. The van der Waals surface area contributed by atoms with Gasteiger partial charge in [-0.05, 0) is 32.7 Å². The van der Waals surface area contributed by atoms with Crippen LogP contribution in [-0.2, 0) is 27.8 Å². The maximum absolute atomic E-state index is 5.80. The summed E-state index contributed by atoms with van der Waals surface area (Å²) in [5.41, 5.74) is 0. The Balaban J connectivity index is 0.00000363. The summed E-state index contributed by atoms with van der Waals surface area (Å²) < 4.78 is 18.6. The van der Waals surface area contributed by atoms with Crippen molar-refractivity contribution in [2.75, 3.05) is 72.4 Å². The van der Waals surface area contributed by atoms with Gasteiger partial charge in [0.25, 0.3) is 0 Å². The fourth-order valence-electron chi connectivity index (χ4n) is 3.59. The second-order valence-corrected chi connectivity index (χ2v) is 8.21. The van der Waals surface area contributed by atoms with E-state index in [-0.39, 0.29) is 24.0 Å². The molecule has 0 saturated carbocycles. The van der Waals surface area contributed by atoms with E-state index >= 15 is 0 Å². The highest BCUT2D eigenvalue weighted by Gasteiger charge is 2.15. The molecule has 3 heterocycles. The summed E-state index contributed by atoms with van der Waals surface area (Å²) in [5, 5.41) is 15.2. The summed E-state index contributed by atoms with van der Waals surface area (Å²) in [5.74, 6) is 3.12. The van der Waals surface area contributed by atoms with Crippen molar-refractivity contribution in [3.05, 3.63) is 11.6 Å². The number of ether oxygens (including phenoxy) is 3. The molecule has 2 fully saturated rings. The van der Waals surface area contributed by atoms with Gasteiger partial charge in [0.05, 0.1) is 26.4 Å². The third-order valence-corrected chi connectivity index (χ3v) is 5.74. The van der Waals surface area contributed by atoms with Gasteiger partial charge in [-0.1, -0.05) is 0 Å². The van der Waals surface area contributed by atoms with Crippen LogP contribution in [-0.4, -0.2) is 98.0 Å². The van der Waals surface area contributed by atoms with Crippen molar-refractivity contribution in [2.24, 2.45) is 18.0 Å². The van der Waals surface area contributed by atoms with Crippen molar-refractivity contribution in [2.45, 2.75) is 32.7 Å². The van der Waals surface area contributed by atoms with Gasteiger partial charge in [-0.2, -0.15) is 0 Å². The molecule has 0 spiro atoms. The van der Waals surface area contributed by atoms with Crippen LogP contribution in [0.15, 0.2) is 4.99 Å². The van der Waals surface area contributed by atoms with Crippen LogP contribution in [0.3, 0.4) is 0 Å². The van der Waals surface area contributed by atoms with E-state index in [4.69, 9.17) is 19.2 Å². The Morgan fingerprint density at radius 3 is 2.59 bits per heavy atom. The first kappa shape index (κ1) is 27.2. The standard InChI is InChI=1S/C21H39N7O3.HI/c1-18-25-26-20(27(18)2)15-24-21(22-6-3-8-28-9-13-29-14-10-28)23-7-4-11-30-16-19-5-12-31-17-19;/h19H,3-17H2,1-2H3,(H2,22,23,24);1H. The third kappa shape index (κ3) is 9.86. The van der Waals surface area contributed by atoms with Gasteiger partial charge < -0.3 is 29.4 Å². The van der Waals surface area contributed by atoms with E-state index in [1.54, 1.807) is 0 Å². The Morgan fingerprint density at radius 1 is 1.12 bits per heavy atom. The minimum atomic E-state index is 0. The number of morpholine rings is 1. The van der Waals surface area contributed by atoms with Crippen molar-refractivity contribution in [3.63, 3.8) is 0 Å². The van der Waals surface area contributed by atoms with Crippen molar-refractivity contribution in [1.29, 1.82) is 0 Å². The molecule has 0 radical (unpaired) electrons. The molecule has 1 aromatic heterocycles. The Kier molecular flexibility index (Phi) is 13.4. The van der Waals surface area contributed by atoms with Gasteiger partial charge in [0.2, 0.25) is 0 Å². The number of nitrogens with one attached hydrogen (secondary N) is 2. The van der Waals surface area contributed by atoms with Crippen LogP contribution in [0.25, 0.3) is 0 Å². The SMILES string of the molecule is Cc1nnc(CN=C(NCCCOCC2CCOC2)NCCCN2CCOCC2)n1C.I. The minimum absolute atomic E-state index is 0. The molecule has 2 aliphatic rings. The van der Waals surface area contributed by atoms with E-state index in [1.165, 1.54) is 0 Å². The summed E-state index contributed by atoms with van der Waals surface area (Å²) >= 11 is 0.